The van der Waals surface area contributed by atoms with E-state index in [-0.39, 0.29) is 122 Å². The van der Waals surface area contributed by atoms with Crippen LogP contribution in [0.15, 0.2) is 49.1 Å². The number of likely N-dealkylation sites (tertiary alicyclic amines) is 6. The molecule has 0 radical (unpaired) electrons. The smallest absolute Gasteiger partial charge is 0.283 e. The minimum absolute atomic E-state index is 0.00566. The molecule has 2 unspecified atom stereocenters. The highest BCUT2D eigenvalue weighted by Crippen LogP contribution is 2.43. The molecule has 15 heterocycles. The molecule has 17 rings (SSSR count). The molecule has 8 aromatic rings. The third-order valence-electron chi connectivity index (χ3n) is 27.2. The van der Waals surface area contributed by atoms with Crippen molar-refractivity contribution in [2.24, 2.45) is 0 Å². The lowest BCUT2D eigenvalue weighted by molar-refractivity contribution is -0.209. The Morgan fingerprint density at radius 3 is 0.970 bits per heavy atom. The lowest BCUT2D eigenvalue weighted by atomic mass is 9.86. The van der Waals surface area contributed by atoms with Crippen molar-refractivity contribution in [3.05, 3.63) is 114 Å². The number of aliphatic hydroxyl groups excluding tert-OH is 2. The fourth-order valence-corrected chi connectivity index (χ4v) is 21.9. The molecule has 2 saturated carbocycles. The van der Waals surface area contributed by atoms with Gasteiger partial charge in [0.15, 0.2) is 20.0 Å². The summed E-state index contributed by atoms with van der Waals surface area (Å²) in [6.45, 7) is 40.2. The molecule has 37 heteroatoms. The summed E-state index contributed by atoms with van der Waals surface area (Å²) in [4.78, 5) is 167. The number of amides is 9. The third kappa shape index (κ3) is 22.6. The van der Waals surface area contributed by atoms with Gasteiger partial charge in [-0.3, -0.25) is 43.2 Å². The highest BCUT2D eigenvalue weighted by Gasteiger charge is 2.52. The molecule has 7 saturated heterocycles. The Kier molecular flexibility index (Phi) is 32.0. The number of nitrogens with zero attached hydrogens (tertiary/aromatic N) is 14. The molecule has 720 valence electrons. The van der Waals surface area contributed by atoms with Gasteiger partial charge in [-0.2, -0.15) is 0 Å². The first kappa shape index (κ1) is 99.4. The number of carbonyl (C=O) groups is 9. The molecule has 8 aromatic heterocycles. The summed E-state index contributed by atoms with van der Waals surface area (Å²) < 4.78 is 5.66. The first-order chi connectivity index (χ1) is 64.0. The summed E-state index contributed by atoms with van der Waals surface area (Å²) in [7, 11) is 0. The Hall–Kier alpha value is -10.6. The number of ether oxygens (including phenoxy) is 1. The van der Waals surface area contributed by atoms with Gasteiger partial charge in [-0.1, -0.05) is 20.8 Å². The van der Waals surface area contributed by atoms with Gasteiger partial charge in [0, 0.05) is 148 Å². The molecule has 0 bridgehead atoms. The number of rotatable bonds is 26. The monoisotopic (exact) mass is 1910 g/mol. The molecule has 11 atom stereocenters. The van der Waals surface area contributed by atoms with Gasteiger partial charge in [-0.15, -0.1) is 45.3 Å². The predicted octanol–water partition coefficient (Wildman–Crippen LogP) is 14.1. The molecule has 0 aromatic carbocycles. The molecule has 2 aliphatic carbocycles. The van der Waals surface area contributed by atoms with Crippen LogP contribution in [0.3, 0.4) is 0 Å². The second-order valence-corrected chi connectivity index (χ2v) is 41.9. The number of aliphatic hydroxyl groups is 2. The maximum absolute atomic E-state index is 13.6. The molecule has 33 nitrogen and oxygen atoms in total. The van der Waals surface area contributed by atoms with E-state index in [2.05, 4.69) is 126 Å². The highest BCUT2D eigenvalue weighted by molar-refractivity contribution is 7.18. The SMILES string of the molecule is CC[C@@H](C)Nc1cc(C)c(-c2sc(C(=O)N3CC4(CCO4)C3)nc2C(=O)N2CCC[C@@H]2C)cn1.CC[C@@H](C)Nc1cc(C)c(-c2sc(C(=O)NC3CN(C(C)=O)C3)nc2C(=O)N2CCC[C@@H]2C)cn1.CC[C@@H](C)Nc1cc(C)c(-c2sc(C(=O)N[C@@H]3CC[C@@H]3O)nc2C(=O)N2CCC[C@@H]2C)cn1.Cc1cc(NC(C)C)ncc1-c1sc(C(=O)NC2CCC2O)nc1C(=O)N1CCC[C@@H]1C. The lowest BCUT2D eigenvalue weighted by Crippen LogP contribution is -2.69. The first-order valence-electron chi connectivity index (χ1n) is 47.7. The number of aromatic nitrogens is 8. The van der Waals surface area contributed by atoms with Crippen molar-refractivity contribution in [3.8, 4) is 41.8 Å². The second kappa shape index (κ2) is 43.2. The fraction of sp³-hybridized carbons (Fsp3) is 0.577. The van der Waals surface area contributed by atoms with Gasteiger partial charge in [0.25, 0.3) is 47.3 Å². The number of hydrogen-bond acceptors (Lipinski definition) is 28. The Morgan fingerprint density at radius 1 is 0.425 bits per heavy atom. The Labute approximate surface area is 800 Å². The fourth-order valence-electron chi connectivity index (χ4n) is 17.7. The van der Waals surface area contributed by atoms with Crippen molar-refractivity contribution in [1.82, 2.24) is 85.2 Å². The van der Waals surface area contributed by atoms with Crippen LogP contribution in [0.25, 0.3) is 41.8 Å². The molecule has 9 fully saturated rings. The topological polar surface area (TPSA) is 410 Å². The lowest BCUT2D eigenvalue weighted by Gasteiger charge is -2.54. The van der Waals surface area contributed by atoms with Crippen molar-refractivity contribution in [2.45, 2.75) is 305 Å². The van der Waals surface area contributed by atoms with E-state index in [0.717, 1.165) is 176 Å². The van der Waals surface area contributed by atoms with E-state index in [1.54, 1.807) is 34.6 Å². The number of carbonyl (C=O) groups excluding carboxylic acids is 9. The molecule has 1 spiro atoms. The van der Waals surface area contributed by atoms with E-state index in [4.69, 9.17) is 4.74 Å². The van der Waals surface area contributed by atoms with Gasteiger partial charge in [0.05, 0.1) is 69.5 Å². The van der Waals surface area contributed by atoms with Crippen LogP contribution in [0.4, 0.5) is 23.3 Å². The van der Waals surface area contributed by atoms with E-state index in [1.807, 2.05) is 106 Å². The highest BCUT2D eigenvalue weighted by atomic mass is 32.1. The van der Waals surface area contributed by atoms with E-state index in [1.165, 1.54) is 52.3 Å². The van der Waals surface area contributed by atoms with Gasteiger partial charge in [0.2, 0.25) is 5.91 Å². The largest absolute Gasteiger partial charge is 0.391 e. The van der Waals surface area contributed by atoms with Crippen molar-refractivity contribution < 1.29 is 58.1 Å². The summed E-state index contributed by atoms with van der Waals surface area (Å²) in [5.74, 6) is 1.46. The van der Waals surface area contributed by atoms with Crippen molar-refractivity contribution in [1.29, 1.82) is 0 Å². The summed E-state index contributed by atoms with van der Waals surface area (Å²) in [6, 6.07) is 9.07. The quantitative estimate of drug-likeness (QED) is 0.0243. The number of nitrogens with one attached hydrogen (secondary N) is 7. The molecule has 9 N–H and O–H groups in total. The predicted molar refractivity (Wildman–Crippen MR) is 524 cm³/mol. The summed E-state index contributed by atoms with van der Waals surface area (Å²) in [5, 5.41) is 42.8. The third-order valence-corrected chi connectivity index (χ3v) is 31.5. The van der Waals surface area contributed by atoms with Crippen molar-refractivity contribution >= 4 is 122 Å². The molecule has 9 aliphatic rings. The van der Waals surface area contributed by atoms with Crippen LogP contribution in [0.5, 0.6) is 0 Å². The van der Waals surface area contributed by atoms with Crippen LogP contribution in [0.2, 0.25) is 0 Å². The summed E-state index contributed by atoms with van der Waals surface area (Å²) >= 11 is 4.94. The number of aryl methyl sites for hydroxylation is 4. The molecule has 9 amide bonds. The number of pyridine rings is 4. The van der Waals surface area contributed by atoms with Gasteiger partial charge < -0.3 is 81.6 Å². The van der Waals surface area contributed by atoms with Crippen molar-refractivity contribution in [3.63, 3.8) is 0 Å². The average Bonchev–Trinajstić information content (AvgIpc) is 1.02. The van der Waals surface area contributed by atoms with E-state index < -0.39 is 12.2 Å². The van der Waals surface area contributed by atoms with Crippen LogP contribution in [0.1, 0.15) is 296 Å². The van der Waals surface area contributed by atoms with Crippen LogP contribution >= 0.6 is 45.3 Å². The Morgan fingerprint density at radius 2 is 0.724 bits per heavy atom. The Bertz CT molecular complexity index is 5640. The van der Waals surface area contributed by atoms with Gasteiger partial charge in [-0.05, 0) is 233 Å². The number of anilines is 4. The van der Waals surface area contributed by atoms with E-state index in [0.29, 0.717) is 119 Å². The minimum Gasteiger partial charge on any atom is -0.391 e. The summed E-state index contributed by atoms with van der Waals surface area (Å²) in [5.41, 5.74) is 8.28. The maximum atomic E-state index is 13.6. The zero-order valence-corrected chi connectivity index (χ0v) is 83.4. The van der Waals surface area contributed by atoms with Gasteiger partial charge >= 0.3 is 0 Å². The molecule has 7 aliphatic heterocycles. The standard InChI is InChI=1S/C25H34N6O3S.C25H33N5O3S.C24H33N5O3S.C23H31N5O3S/c1-6-15(3)27-20-10-14(2)19(11-26-20)22-21(25(34)31-9-7-8-16(31)4)29-24(35-22)23(33)28-18-12-30(13-18)17(5)32;1-5-16(3)27-19-11-15(2)18(12-26-19)21-20(23(31)30-9-6-7-17(30)4)28-22(34-21)24(32)29-13-25(14-29)8-10-33-25;1-5-14(3)26-19-11-13(2)16(12-25-19)21-20(24(32)29-10-6-7-15(29)4)28-23(33-21)22(31)27-17-8-9-18(17)30;1-12(2)25-18-10-13(3)15(11-24-18)20-19(23(31)28-9-5-6-14(28)4)27-22(32-20)21(30)26-16-7-8-17(16)29/h10-11,15-16,18H,6-9,12-13H2,1-5H3,(H,26,27)(H,28,33);11-12,16-17H,5-10,13-14H2,1-4H3,(H,26,27);11-12,14-15,17-18,30H,5-10H2,1-4H3,(H,25,26)(H,27,31);10-12,14,16-17,29H,5-9H2,1-4H3,(H,24,25)(H,26,30)/t15-,16+;16-,17+;14-,15+,17-,18+;14-,16?,17?/m1110/s1. The second-order valence-electron chi connectivity index (χ2n) is 37.9. The van der Waals surface area contributed by atoms with Crippen LogP contribution in [-0.2, 0) is 9.53 Å². The number of thiazole rings is 4. The van der Waals surface area contributed by atoms with Gasteiger partial charge in [-0.25, -0.2) is 39.9 Å². The molecular weight excluding hydrogens is 1780 g/mol. The van der Waals surface area contributed by atoms with Gasteiger partial charge in [0.1, 0.15) is 51.6 Å². The van der Waals surface area contributed by atoms with Crippen LogP contribution < -0.4 is 37.2 Å². The van der Waals surface area contributed by atoms with E-state index in [9.17, 15) is 53.4 Å². The zero-order chi connectivity index (χ0) is 96.0. The normalized spacial score (nSPS) is 21.6. The molecular formula is C97H131N21O12S4. The molecule has 134 heavy (non-hydrogen) atoms. The average molecular weight is 1910 g/mol. The Balaban J connectivity index is 0.000000143. The summed E-state index contributed by atoms with van der Waals surface area (Å²) in [6.07, 6.45) is 20.6. The minimum atomic E-state index is -0.517. The first-order valence-corrected chi connectivity index (χ1v) is 51.0. The van der Waals surface area contributed by atoms with E-state index >= 15 is 0 Å². The number of hydrogen-bond donors (Lipinski definition) is 9. The van der Waals surface area contributed by atoms with Crippen molar-refractivity contribution in [2.75, 3.05) is 80.2 Å². The maximum Gasteiger partial charge on any atom is 0.283 e. The zero-order valence-electron chi connectivity index (χ0n) is 80.2. The van der Waals surface area contributed by atoms with Crippen LogP contribution in [0, 0.1) is 27.7 Å². The van der Waals surface area contributed by atoms with Crippen LogP contribution in [-0.4, -0.2) is 276 Å².